The molecule has 0 aliphatic carbocycles. The molecule has 0 aliphatic heterocycles. The summed E-state index contributed by atoms with van der Waals surface area (Å²) in [6.45, 7) is 5.22. The van der Waals surface area contributed by atoms with Crippen molar-refractivity contribution in [2.24, 2.45) is 0 Å². The van der Waals surface area contributed by atoms with E-state index in [1.807, 2.05) is 0 Å². The third-order valence-electron chi connectivity index (χ3n) is 2.62. The molecule has 0 aromatic heterocycles. The minimum Gasteiger partial charge on any atom is -0.461 e. The van der Waals surface area contributed by atoms with E-state index in [0.717, 1.165) is 0 Å². The summed E-state index contributed by atoms with van der Waals surface area (Å²) < 4.78 is 9.77. The topological polar surface area (TPSA) is 84.9 Å². The number of ether oxygens (including phenoxy) is 2. The lowest BCUT2D eigenvalue weighted by molar-refractivity contribution is -0.159. The van der Waals surface area contributed by atoms with Gasteiger partial charge in [0.15, 0.2) is 6.10 Å². The van der Waals surface area contributed by atoms with E-state index in [2.05, 4.69) is 5.32 Å². The zero-order valence-electron chi connectivity index (χ0n) is 12.4. The molecule has 1 aromatic rings. The predicted molar refractivity (Wildman–Crippen MR) is 76.6 cm³/mol. The summed E-state index contributed by atoms with van der Waals surface area (Å²) in [6, 6.07) is 7.75. The summed E-state index contributed by atoms with van der Waals surface area (Å²) in [6.07, 6.45) is -2.58. The first-order chi connectivity index (χ1) is 9.95. The molecule has 0 bridgehead atoms. The van der Waals surface area contributed by atoms with Crippen molar-refractivity contribution in [1.29, 1.82) is 0 Å². The summed E-state index contributed by atoms with van der Waals surface area (Å²) in [5.74, 6) is -0.796. The molecule has 0 aliphatic rings. The lowest BCUT2D eigenvalue weighted by Crippen LogP contribution is -2.41. The second-order valence-electron chi connectivity index (χ2n) is 4.68. The SMILES string of the molecule is CCOC(=O)NC(c1ccccc1)C(O)C(=O)OC(C)C. The fourth-order valence-electron chi connectivity index (χ4n) is 1.74. The Bertz CT molecular complexity index is 460. The van der Waals surface area contributed by atoms with Crippen LogP contribution in [0.4, 0.5) is 4.79 Å². The number of benzene rings is 1. The van der Waals surface area contributed by atoms with Crippen LogP contribution in [-0.4, -0.2) is 36.0 Å². The minimum absolute atomic E-state index is 0.194. The van der Waals surface area contributed by atoms with Gasteiger partial charge in [-0.05, 0) is 26.3 Å². The molecular formula is C15H21NO5. The number of rotatable bonds is 6. The first-order valence-electron chi connectivity index (χ1n) is 6.82. The summed E-state index contributed by atoms with van der Waals surface area (Å²) in [7, 11) is 0. The second-order valence-corrected chi connectivity index (χ2v) is 4.68. The Morgan fingerprint density at radius 1 is 1.24 bits per heavy atom. The molecule has 0 heterocycles. The number of carbonyl (C=O) groups excluding carboxylic acids is 2. The third kappa shape index (κ3) is 5.43. The molecule has 0 radical (unpaired) electrons. The number of alkyl carbamates (subject to hydrolysis) is 1. The molecule has 0 saturated carbocycles. The molecule has 0 fully saturated rings. The molecule has 0 saturated heterocycles. The Kier molecular flexibility index (Phi) is 6.68. The summed E-state index contributed by atoms with van der Waals surface area (Å²) in [4.78, 5) is 23.4. The number of amides is 1. The van der Waals surface area contributed by atoms with Crippen LogP contribution in [0, 0.1) is 0 Å². The molecule has 1 rings (SSSR count). The van der Waals surface area contributed by atoms with Crippen LogP contribution >= 0.6 is 0 Å². The largest absolute Gasteiger partial charge is 0.461 e. The molecule has 0 spiro atoms. The van der Waals surface area contributed by atoms with E-state index >= 15 is 0 Å². The van der Waals surface area contributed by atoms with Gasteiger partial charge in [-0.3, -0.25) is 0 Å². The first kappa shape index (κ1) is 17.0. The quantitative estimate of drug-likeness (QED) is 0.782. The predicted octanol–water partition coefficient (Wildman–Crippen LogP) is 1.79. The van der Waals surface area contributed by atoms with Gasteiger partial charge in [0, 0.05) is 0 Å². The normalized spacial score (nSPS) is 13.4. The first-order valence-corrected chi connectivity index (χ1v) is 6.82. The van der Waals surface area contributed by atoms with Gasteiger partial charge in [0.2, 0.25) is 0 Å². The third-order valence-corrected chi connectivity index (χ3v) is 2.62. The monoisotopic (exact) mass is 295 g/mol. The van der Waals surface area contributed by atoms with Crippen LogP contribution < -0.4 is 5.32 Å². The molecule has 1 amide bonds. The van der Waals surface area contributed by atoms with Crippen LogP contribution in [0.15, 0.2) is 30.3 Å². The number of hydrogen-bond acceptors (Lipinski definition) is 5. The average Bonchev–Trinajstić information content (AvgIpc) is 2.44. The Hall–Kier alpha value is -2.08. The van der Waals surface area contributed by atoms with Gasteiger partial charge in [-0.1, -0.05) is 30.3 Å². The highest BCUT2D eigenvalue weighted by atomic mass is 16.6. The Labute approximate surface area is 124 Å². The molecule has 21 heavy (non-hydrogen) atoms. The highest BCUT2D eigenvalue weighted by molar-refractivity contribution is 5.77. The van der Waals surface area contributed by atoms with Gasteiger partial charge in [0.25, 0.3) is 0 Å². The van der Waals surface area contributed by atoms with Gasteiger partial charge in [-0.25, -0.2) is 9.59 Å². The Balaban J connectivity index is 2.91. The highest BCUT2D eigenvalue weighted by Crippen LogP contribution is 2.18. The molecule has 2 unspecified atom stereocenters. The van der Waals surface area contributed by atoms with Crippen molar-refractivity contribution < 1.29 is 24.2 Å². The standard InChI is InChI=1S/C15H21NO5/c1-4-20-15(19)16-12(11-8-6-5-7-9-11)13(17)14(18)21-10(2)3/h5-10,12-13,17H,4H2,1-3H3,(H,16,19). The van der Waals surface area contributed by atoms with Crippen LogP contribution in [0.5, 0.6) is 0 Å². The summed E-state index contributed by atoms with van der Waals surface area (Å²) in [5, 5.41) is 12.6. The molecule has 2 N–H and O–H groups in total. The number of carbonyl (C=O) groups is 2. The van der Waals surface area contributed by atoms with Crippen molar-refractivity contribution in [2.75, 3.05) is 6.61 Å². The maximum Gasteiger partial charge on any atom is 0.407 e. The molecule has 2 atom stereocenters. The van der Waals surface area contributed by atoms with E-state index in [4.69, 9.17) is 9.47 Å². The smallest absolute Gasteiger partial charge is 0.407 e. The number of hydrogen-bond donors (Lipinski definition) is 2. The average molecular weight is 295 g/mol. The van der Waals surface area contributed by atoms with E-state index < -0.39 is 24.2 Å². The van der Waals surface area contributed by atoms with Gasteiger partial charge in [0.05, 0.1) is 18.8 Å². The minimum atomic E-state index is -1.51. The van der Waals surface area contributed by atoms with Crippen LogP contribution in [0.25, 0.3) is 0 Å². The van der Waals surface area contributed by atoms with E-state index in [1.54, 1.807) is 51.1 Å². The van der Waals surface area contributed by atoms with E-state index in [1.165, 1.54) is 0 Å². The second kappa shape index (κ2) is 8.26. The van der Waals surface area contributed by atoms with Crippen molar-refractivity contribution >= 4 is 12.1 Å². The fourth-order valence-corrected chi connectivity index (χ4v) is 1.74. The van der Waals surface area contributed by atoms with Gasteiger partial charge < -0.3 is 19.9 Å². The molecule has 6 heteroatoms. The maximum atomic E-state index is 11.8. The van der Waals surface area contributed by atoms with Crippen molar-refractivity contribution in [3.8, 4) is 0 Å². The zero-order valence-corrected chi connectivity index (χ0v) is 12.4. The van der Waals surface area contributed by atoms with Crippen molar-refractivity contribution in [2.45, 2.75) is 39.0 Å². The number of aliphatic hydroxyl groups is 1. The molecular weight excluding hydrogens is 274 g/mol. The van der Waals surface area contributed by atoms with Crippen molar-refractivity contribution in [3.05, 3.63) is 35.9 Å². The molecule has 116 valence electrons. The highest BCUT2D eigenvalue weighted by Gasteiger charge is 2.31. The van der Waals surface area contributed by atoms with Gasteiger partial charge in [-0.2, -0.15) is 0 Å². The lowest BCUT2D eigenvalue weighted by Gasteiger charge is -2.23. The van der Waals surface area contributed by atoms with Gasteiger partial charge in [-0.15, -0.1) is 0 Å². The van der Waals surface area contributed by atoms with Gasteiger partial charge >= 0.3 is 12.1 Å². The number of aliphatic hydroxyl groups excluding tert-OH is 1. The maximum absolute atomic E-state index is 11.8. The number of nitrogens with one attached hydrogen (secondary N) is 1. The van der Waals surface area contributed by atoms with Crippen LogP contribution in [0.1, 0.15) is 32.4 Å². The lowest BCUT2D eigenvalue weighted by atomic mass is 10.0. The summed E-state index contributed by atoms with van der Waals surface area (Å²) >= 11 is 0. The van der Waals surface area contributed by atoms with Crippen LogP contribution in [0.3, 0.4) is 0 Å². The summed E-state index contributed by atoms with van der Waals surface area (Å²) in [5.41, 5.74) is 0.582. The van der Waals surface area contributed by atoms with Crippen molar-refractivity contribution in [3.63, 3.8) is 0 Å². The number of esters is 1. The Morgan fingerprint density at radius 2 is 1.86 bits per heavy atom. The van der Waals surface area contributed by atoms with E-state index in [-0.39, 0.29) is 12.7 Å². The zero-order chi connectivity index (χ0) is 15.8. The fraction of sp³-hybridized carbons (Fsp3) is 0.467. The molecule has 1 aromatic carbocycles. The van der Waals surface area contributed by atoms with Crippen molar-refractivity contribution in [1.82, 2.24) is 5.32 Å². The van der Waals surface area contributed by atoms with Crippen LogP contribution in [0.2, 0.25) is 0 Å². The Morgan fingerprint density at radius 3 is 2.38 bits per heavy atom. The molecule has 6 nitrogen and oxygen atoms in total. The van der Waals surface area contributed by atoms with E-state index in [9.17, 15) is 14.7 Å². The van der Waals surface area contributed by atoms with Gasteiger partial charge in [0.1, 0.15) is 0 Å². The van der Waals surface area contributed by atoms with Crippen LogP contribution in [-0.2, 0) is 14.3 Å². The van der Waals surface area contributed by atoms with E-state index in [0.29, 0.717) is 5.56 Å².